The minimum atomic E-state index is -0.313. The van der Waals surface area contributed by atoms with Crippen LogP contribution < -0.4 is 10.6 Å². The summed E-state index contributed by atoms with van der Waals surface area (Å²) < 4.78 is 13.9. The van der Waals surface area contributed by atoms with Crippen molar-refractivity contribution >= 4 is 28.0 Å². The highest BCUT2D eigenvalue weighted by Crippen LogP contribution is 2.31. The first-order chi connectivity index (χ1) is 17.6. The number of nitrogens with zero attached hydrogens (tertiary/aromatic N) is 7. The molecule has 10 nitrogen and oxygen atoms in total. The number of imidazole rings is 1. The van der Waals surface area contributed by atoms with Crippen LogP contribution in [0.3, 0.4) is 0 Å². The van der Waals surface area contributed by atoms with Crippen molar-refractivity contribution in [1.82, 2.24) is 40.1 Å². The number of hydrogen-bond donors (Lipinski definition) is 3. The molecule has 0 saturated carbocycles. The highest BCUT2D eigenvalue weighted by molar-refractivity contribution is 5.94. The van der Waals surface area contributed by atoms with Crippen LogP contribution in [0.1, 0.15) is 0 Å². The number of aromatic amines is 2. The molecule has 176 valence electrons. The second-order valence-corrected chi connectivity index (χ2v) is 8.74. The lowest BCUT2D eigenvalue weighted by Crippen LogP contribution is -2.56. The van der Waals surface area contributed by atoms with Gasteiger partial charge in [0, 0.05) is 30.9 Å². The zero-order chi connectivity index (χ0) is 24.2. The molecule has 0 amide bonds. The summed E-state index contributed by atoms with van der Waals surface area (Å²) in [5, 5.41) is 7.48. The molecule has 5 aromatic heterocycles. The molecule has 0 radical (unpaired) electrons. The number of aromatic nitrogens is 8. The third kappa shape index (κ3) is 3.36. The number of hydrogen-bond acceptors (Lipinski definition) is 8. The summed E-state index contributed by atoms with van der Waals surface area (Å²) in [6.45, 7) is 1.52. The zero-order valence-corrected chi connectivity index (χ0v) is 18.9. The summed E-state index contributed by atoms with van der Waals surface area (Å²) in [6.07, 6.45) is 5.09. The van der Waals surface area contributed by atoms with E-state index < -0.39 is 0 Å². The summed E-state index contributed by atoms with van der Waals surface area (Å²) in [5.74, 6) is 0.968. The quantitative estimate of drug-likeness (QED) is 0.351. The number of anilines is 1. The normalized spacial score (nSPS) is 14.0. The molecule has 0 atom stereocenters. The van der Waals surface area contributed by atoms with Gasteiger partial charge in [-0.1, -0.05) is 12.1 Å². The van der Waals surface area contributed by atoms with Crippen molar-refractivity contribution in [3.8, 4) is 34.0 Å². The van der Waals surface area contributed by atoms with Gasteiger partial charge in [0.25, 0.3) is 0 Å². The first-order valence-electron chi connectivity index (χ1n) is 11.4. The molecule has 7 rings (SSSR count). The number of fused-ring (bicyclic) bond motifs is 2. The van der Waals surface area contributed by atoms with Gasteiger partial charge in [0.15, 0.2) is 17.2 Å². The van der Waals surface area contributed by atoms with Crippen molar-refractivity contribution in [2.45, 2.75) is 6.04 Å². The molecule has 1 aliphatic heterocycles. The minimum Gasteiger partial charge on any atom is -0.352 e. The van der Waals surface area contributed by atoms with Gasteiger partial charge in [0.05, 0.1) is 23.6 Å². The molecule has 6 aromatic rings. The number of nitrogens with two attached hydrogens (primary N) is 1. The molecule has 4 N–H and O–H groups in total. The lowest BCUT2D eigenvalue weighted by molar-refractivity contribution is 0.514. The lowest BCUT2D eigenvalue weighted by Gasteiger charge is -2.37. The molecule has 1 aliphatic rings. The number of benzene rings is 1. The largest absolute Gasteiger partial charge is 0.352 e. The number of pyridine rings is 2. The Kier molecular flexibility index (Phi) is 4.51. The van der Waals surface area contributed by atoms with E-state index in [0.717, 1.165) is 35.6 Å². The smallest absolute Gasteiger partial charge is 0.162 e. The fourth-order valence-corrected chi connectivity index (χ4v) is 4.45. The van der Waals surface area contributed by atoms with Crippen LogP contribution in [0.2, 0.25) is 0 Å². The molecule has 0 bridgehead atoms. The first kappa shape index (κ1) is 20.6. The Morgan fingerprint density at radius 1 is 0.972 bits per heavy atom. The molecule has 1 aromatic carbocycles. The summed E-state index contributed by atoms with van der Waals surface area (Å²) in [4.78, 5) is 28.4. The molecular weight excluding hydrogens is 459 g/mol. The van der Waals surface area contributed by atoms with Crippen LogP contribution >= 0.6 is 0 Å². The van der Waals surface area contributed by atoms with E-state index in [1.165, 1.54) is 12.1 Å². The molecule has 0 aliphatic carbocycles. The van der Waals surface area contributed by atoms with Crippen LogP contribution in [-0.2, 0) is 0 Å². The Morgan fingerprint density at radius 3 is 2.75 bits per heavy atom. The van der Waals surface area contributed by atoms with Gasteiger partial charge in [-0.15, -0.1) is 0 Å². The maximum atomic E-state index is 13.9. The number of nitrogens with one attached hydrogen (secondary N) is 2. The van der Waals surface area contributed by atoms with E-state index in [1.54, 1.807) is 24.7 Å². The van der Waals surface area contributed by atoms with Crippen LogP contribution in [0.4, 0.5) is 10.2 Å². The van der Waals surface area contributed by atoms with Gasteiger partial charge < -0.3 is 15.6 Å². The summed E-state index contributed by atoms with van der Waals surface area (Å²) in [5.41, 5.74) is 11.9. The van der Waals surface area contributed by atoms with E-state index in [2.05, 4.69) is 30.0 Å². The molecule has 11 heteroatoms. The van der Waals surface area contributed by atoms with E-state index in [0.29, 0.717) is 39.6 Å². The number of H-pyrrole nitrogens is 2. The van der Waals surface area contributed by atoms with E-state index >= 15 is 0 Å². The Bertz CT molecular complexity index is 1750. The zero-order valence-electron chi connectivity index (χ0n) is 18.9. The van der Waals surface area contributed by atoms with Gasteiger partial charge in [0.2, 0.25) is 0 Å². The van der Waals surface area contributed by atoms with Crippen molar-refractivity contribution in [2.24, 2.45) is 5.73 Å². The maximum Gasteiger partial charge on any atom is 0.162 e. The van der Waals surface area contributed by atoms with Crippen LogP contribution in [0.5, 0.6) is 0 Å². The summed E-state index contributed by atoms with van der Waals surface area (Å²) >= 11 is 0. The number of rotatable bonds is 4. The Hall–Kier alpha value is -4.77. The van der Waals surface area contributed by atoms with Gasteiger partial charge in [-0.3, -0.25) is 10.1 Å². The fraction of sp³-hybridized carbons (Fsp3) is 0.120. The molecule has 1 saturated heterocycles. The predicted octanol–water partition coefficient (Wildman–Crippen LogP) is 3.31. The Labute approximate surface area is 203 Å². The average Bonchev–Trinajstić information content (AvgIpc) is 3.50. The van der Waals surface area contributed by atoms with Crippen LogP contribution in [0.15, 0.2) is 61.1 Å². The van der Waals surface area contributed by atoms with Gasteiger partial charge in [-0.25, -0.2) is 24.3 Å². The molecular formula is C25H19FN10. The second kappa shape index (κ2) is 7.89. The fourth-order valence-electron chi connectivity index (χ4n) is 4.45. The van der Waals surface area contributed by atoms with E-state index in [4.69, 9.17) is 20.7 Å². The predicted molar refractivity (Wildman–Crippen MR) is 133 cm³/mol. The van der Waals surface area contributed by atoms with Crippen LogP contribution in [-0.4, -0.2) is 59.2 Å². The van der Waals surface area contributed by atoms with Crippen molar-refractivity contribution in [3.63, 3.8) is 0 Å². The van der Waals surface area contributed by atoms with Crippen molar-refractivity contribution < 1.29 is 4.39 Å². The van der Waals surface area contributed by atoms with E-state index in [9.17, 15) is 4.39 Å². The molecule has 6 heterocycles. The van der Waals surface area contributed by atoms with Crippen molar-refractivity contribution in [2.75, 3.05) is 18.0 Å². The summed E-state index contributed by atoms with van der Waals surface area (Å²) in [7, 11) is 0. The highest BCUT2D eigenvalue weighted by atomic mass is 19.1. The Morgan fingerprint density at radius 2 is 1.89 bits per heavy atom. The van der Waals surface area contributed by atoms with Gasteiger partial charge in [0.1, 0.15) is 28.4 Å². The van der Waals surface area contributed by atoms with Crippen molar-refractivity contribution in [1.29, 1.82) is 0 Å². The van der Waals surface area contributed by atoms with E-state index in [-0.39, 0.29) is 11.9 Å². The molecule has 0 spiro atoms. The molecule has 0 unspecified atom stereocenters. The lowest BCUT2D eigenvalue weighted by atomic mass is 10.1. The standard InChI is InChI=1S/C25H19FN10/c26-14-3-1-2-13(8-14)16-6-7-29-24-21(16)32-25(33-24)23-22-18(34-35-23)5-4-17(31-22)19-9-28-10-20(30-19)36-11-15(27)12-36/h1-10,15H,11-12,27H2,(H,34,35)(H,29,32,33). The van der Waals surface area contributed by atoms with Crippen LogP contribution in [0, 0.1) is 5.82 Å². The van der Waals surface area contributed by atoms with Crippen molar-refractivity contribution in [3.05, 3.63) is 66.9 Å². The minimum absolute atomic E-state index is 0.165. The second-order valence-electron chi connectivity index (χ2n) is 8.74. The SMILES string of the molecule is NC1CN(c2cncc(-c3ccc4[nH]nc(-c5nc6c(-c7cccc(F)c7)ccnc6[nH]5)c4n3)n2)C1. The topological polar surface area (TPSA) is 138 Å². The average molecular weight is 478 g/mol. The molecule has 36 heavy (non-hydrogen) atoms. The molecule has 1 fully saturated rings. The highest BCUT2D eigenvalue weighted by Gasteiger charge is 2.25. The van der Waals surface area contributed by atoms with E-state index in [1.807, 2.05) is 24.3 Å². The third-order valence-electron chi connectivity index (χ3n) is 6.27. The van der Waals surface area contributed by atoms with Gasteiger partial charge >= 0.3 is 0 Å². The third-order valence-corrected chi connectivity index (χ3v) is 6.27. The van der Waals surface area contributed by atoms with Gasteiger partial charge in [-0.05, 0) is 35.9 Å². The van der Waals surface area contributed by atoms with Crippen LogP contribution in [0.25, 0.3) is 56.2 Å². The monoisotopic (exact) mass is 478 g/mol. The summed E-state index contributed by atoms with van der Waals surface area (Å²) in [6, 6.07) is 12.2. The van der Waals surface area contributed by atoms with Gasteiger partial charge in [-0.2, -0.15) is 5.10 Å². The Balaban J connectivity index is 1.31. The first-order valence-corrected chi connectivity index (χ1v) is 11.4. The number of halogens is 1. The maximum absolute atomic E-state index is 13.9.